The highest BCUT2D eigenvalue weighted by atomic mass is 35.5. The molecule has 0 bridgehead atoms. The van der Waals surface area contributed by atoms with Gasteiger partial charge in [0.1, 0.15) is 0 Å². The number of hydrogen-bond acceptors (Lipinski definition) is 4. The van der Waals surface area contributed by atoms with Gasteiger partial charge in [0.15, 0.2) is 0 Å². The van der Waals surface area contributed by atoms with Gasteiger partial charge in [0, 0.05) is 31.4 Å². The fourth-order valence-corrected chi connectivity index (χ4v) is 4.45. The summed E-state index contributed by atoms with van der Waals surface area (Å²) >= 11 is 7.49. The average Bonchev–Trinajstić information content (AvgIpc) is 3.39. The second-order valence-electron chi connectivity index (χ2n) is 6.77. The molecular weight excluding hydrogens is 394 g/mol. The van der Waals surface area contributed by atoms with E-state index in [1.807, 2.05) is 41.3 Å². The standard InChI is InChI=1S/C21H20ClN3O2S/c22-19-8-7-18(28-19)17-13-15(14-5-1-2-6-16(14)24-17)21(27)23-10-9-20(26)25-11-3-4-12-25/h1-2,5-8,13H,3-4,9-12H2,(H,23,27). The number of para-hydroxylation sites is 1. The lowest BCUT2D eigenvalue weighted by atomic mass is 10.1. The van der Waals surface area contributed by atoms with Crippen LogP contribution in [-0.4, -0.2) is 41.3 Å². The Labute approximate surface area is 172 Å². The number of carbonyl (C=O) groups excluding carboxylic acids is 2. The largest absolute Gasteiger partial charge is 0.351 e. The summed E-state index contributed by atoms with van der Waals surface area (Å²) < 4.78 is 0.677. The Morgan fingerprint density at radius 1 is 1.14 bits per heavy atom. The van der Waals surface area contributed by atoms with Crippen LogP contribution in [-0.2, 0) is 4.79 Å². The van der Waals surface area contributed by atoms with E-state index in [0.29, 0.717) is 28.6 Å². The van der Waals surface area contributed by atoms with Gasteiger partial charge in [0.05, 0.1) is 26.0 Å². The third-order valence-corrected chi connectivity index (χ3v) is 6.12. The molecule has 0 unspecified atom stereocenters. The van der Waals surface area contributed by atoms with Crippen LogP contribution in [0, 0.1) is 0 Å². The summed E-state index contributed by atoms with van der Waals surface area (Å²) in [6.07, 6.45) is 2.45. The maximum absolute atomic E-state index is 12.9. The van der Waals surface area contributed by atoms with Crippen LogP contribution in [0.25, 0.3) is 21.5 Å². The van der Waals surface area contributed by atoms with Crippen molar-refractivity contribution in [1.82, 2.24) is 15.2 Å². The number of aromatic nitrogens is 1. The number of amides is 2. The summed E-state index contributed by atoms with van der Waals surface area (Å²) in [6.45, 7) is 1.98. The van der Waals surface area contributed by atoms with Crippen molar-refractivity contribution in [3.05, 3.63) is 52.4 Å². The number of nitrogens with zero attached hydrogens (tertiary/aromatic N) is 2. The predicted molar refractivity (Wildman–Crippen MR) is 113 cm³/mol. The number of halogens is 1. The number of carbonyl (C=O) groups is 2. The van der Waals surface area contributed by atoms with E-state index in [1.54, 1.807) is 6.07 Å². The molecule has 144 valence electrons. The zero-order valence-corrected chi connectivity index (χ0v) is 16.9. The predicted octanol–water partition coefficient (Wildman–Crippen LogP) is 4.36. The van der Waals surface area contributed by atoms with E-state index >= 15 is 0 Å². The average molecular weight is 414 g/mol. The highest BCUT2D eigenvalue weighted by molar-refractivity contribution is 7.19. The quantitative estimate of drug-likeness (QED) is 0.676. The van der Waals surface area contributed by atoms with E-state index in [4.69, 9.17) is 11.6 Å². The summed E-state index contributed by atoms with van der Waals surface area (Å²) in [4.78, 5) is 32.5. The third kappa shape index (κ3) is 4.03. The van der Waals surface area contributed by atoms with Gasteiger partial charge in [-0.05, 0) is 37.1 Å². The van der Waals surface area contributed by atoms with Crippen LogP contribution in [0.1, 0.15) is 29.6 Å². The molecule has 3 aromatic rings. The van der Waals surface area contributed by atoms with Gasteiger partial charge in [0.25, 0.3) is 5.91 Å². The Morgan fingerprint density at radius 2 is 1.93 bits per heavy atom. The molecule has 1 aromatic carbocycles. The molecule has 0 saturated carbocycles. The van der Waals surface area contributed by atoms with E-state index in [-0.39, 0.29) is 11.8 Å². The van der Waals surface area contributed by atoms with Crippen LogP contribution in [0.5, 0.6) is 0 Å². The minimum absolute atomic E-state index is 0.103. The van der Waals surface area contributed by atoms with Gasteiger partial charge >= 0.3 is 0 Å². The second kappa shape index (κ2) is 8.29. The lowest BCUT2D eigenvalue weighted by Gasteiger charge is -2.15. The Bertz CT molecular complexity index is 1030. The lowest BCUT2D eigenvalue weighted by Crippen LogP contribution is -2.32. The molecule has 2 amide bonds. The van der Waals surface area contributed by atoms with Crippen LogP contribution >= 0.6 is 22.9 Å². The number of likely N-dealkylation sites (tertiary alicyclic amines) is 1. The van der Waals surface area contributed by atoms with Crippen molar-refractivity contribution in [1.29, 1.82) is 0 Å². The molecule has 0 atom stereocenters. The molecule has 7 heteroatoms. The summed E-state index contributed by atoms with van der Waals surface area (Å²) in [5, 5.41) is 3.68. The molecule has 3 heterocycles. The molecule has 1 N–H and O–H groups in total. The van der Waals surface area contributed by atoms with Crippen LogP contribution in [0.3, 0.4) is 0 Å². The monoisotopic (exact) mass is 413 g/mol. The van der Waals surface area contributed by atoms with Crippen LogP contribution in [0.2, 0.25) is 4.34 Å². The molecule has 2 aromatic heterocycles. The molecule has 1 aliphatic rings. The maximum atomic E-state index is 12.9. The lowest BCUT2D eigenvalue weighted by molar-refractivity contribution is -0.129. The zero-order chi connectivity index (χ0) is 19.5. The molecule has 0 radical (unpaired) electrons. The first kappa shape index (κ1) is 18.9. The molecule has 5 nitrogen and oxygen atoms in total. The minimum Gasteiger partial charge on any atom is -0.351 e. The maximum Gasteiger partial charge on any atom is 0.252 e. The van der Waals surface area contributed by atoms with Gasteiger partial charge in [0.2, 0.25) is 5.91 Å². The van der Waals surface area contributed by atoms with Gasteiger partial charge < -0.3 is 10.2 Å². The number of pyridine rings is 1. The summed E-state index contributed by atoms with van der Waals surface area (Å²) in [5.41, 5.74) is 2.02. The number of hydrogen-bond donors (Lipinski definition) is 1. The highest BCUT2D eigenvalue weighted by Crippen LogP contribution is 2.32. The van der Waals surface area contributed by atoms with Gasteiger partial charge in [-0.3, -0.25) is 9.59 Å². The van der Waals surface area contributed by atoms with Crippen molar-refractivity contribution in [3.8, 4) is 10.6 Å². The second-order valence-corrected chi connectivity index (χ2v) is 8.48. The summed E-state index contributed by atoms with van der Waals surface area (Å²) in [6, 6.07) is 13.1. The van der Waals surface area contributed by atoms with Crippen LogP contribution in [0.4, 0.5) is 0 Å². The first-order valence-electron chi connectivity index (χ1n) is 9.33. The first-order valence-corrected chi connectivity index (χ1v) is 10.5. The van der Waals surface area contributed by atoms with E-state index in [1.165, 1.54) is 11.3 Å². The van der Waals surface area contributed by atoms with Gasteiger partial charge in [-0.25, -0.2) is 4.98 Å². The van der Waals surface area contributed by atoms with Crippen molar-refractivity contribution in [2.45, 2.75) is 19.3 Å². The normalized spacial score (nSPS) is 13.8. The Kier molecular flexibility index (Phi) is 5.59. The van der Waals surface area contributed by atoms with Gasteiger partial charge in [-0.15, -0.1) is 11.3 Å². The summed E-state index contributed by atoms with van der Waals surface area (Å²) in [5.74, 6) is -0.0944. The van der Waals surface area contributed by atoms with Crippen molar-refractivity contribution >= 4 is 45.7 Å². The first-order chi connectivity index (χ1) is 13.6. The molecule has 1 aliphatic heterocycles. The number of benzene rings is 1. The summed E-state index contributed by atoms with van der Waals surface area (Å²) in [7, 11) is 0. The molecule has 1 fully saturated rings. The molecule has 4 rings (SSSR count). The fourth-order valence-electron chi connectivity index (χ4n) is 3.44. The van der Waals surface area contributed by atoms with E-state index < -0.39 is 0 Å². The van der Waals surface area contributed by atoms with Crippen LogP contribution in [0.15, 0.2) is 42.5 Å². The van der Waals surface area contributed by atoms with Crippen LogP contribution < -0.4 is 5.32 Å². The van der Waals surface area contributed by atoms with Crippen molar-refractivity contribution in [3.63, 3.8) is 0 Å². The van der Waals surface area contributed by atoms with E-state index in [9.17, 15) is 9.59 Å². The van der Waals surface area contributed by atoms with Crippen molar-refractivity contribution < 1.29 is 9.59 Å². The molecular formula is C21H20ClN3O2S. The molecule has 0 aliphatic carbocycles. The number of nitrogens with one attached hydrogen (secondary N) is 1. The Balaban J connectivity index is 1.54. The van der Waals surface area contributed by atoms with Crippen molar-refractivity contribution in [2.75, 3.05) is 19.6 Å². The Morgan fingerprint density at radius 3 is 2.68 bits per heavy atom. The number of thiophene rings is 1. The SMILES string of the molecule is O=C(NCCC(=O)N1CCCC1)c1cc(-c2ccc(Cl)s2)nc2ccccc12. The number of rotatable bonds is 5. The van der Waals surface area contributed by atoms with Gasteiger partial charge in [-0.1, -0.05) is 29.8 Å². The van der Waals surface area contributed by atoms with E-state index in [0.717, 1.165) is 41.7 Å². The molecule has 0 spiro atoms. The topological polar surface area (TPSA) is 62.3 Å². The molecule has 1 saturated heterocycles. The fraction of sp³-hybridized carbons (Fsp3) is 0.286. The van der Waals surface area contributed by atoms with E-state index in [2.05, 4.69) is 10.3 Å². The minimum atomic E-state index is -0.197. The van der Waals surface area contributed by atoms with Gasteiger partial charge in [-0.2, -0.15) is 0 Å². The highest BCUT2D eigenvalue weighted by Gasteiger charge is 2.18. The zero-order valence-electron chi connectivity index (χ0n) is 15.3. The van der Waals surface area contributed by atoms with Crippen molar-refractivity contribution in [2.24, 2.45) is 0 Å². The number of fused-ring (bicyclic) bond motifs is 1. The molecule has 28 heavy (non-hydrogen) atoms. The smallest absolute Gasteiger partial charge is 0.252 e. The third-order valence-electron chi connectivity index (χ3n) is 4.87. The Hall–Kier alpha value is -2.44.